The number of carbonyl (C=O) groups is 1. The summed E-state index contributed by atoms with van der Waals surface area (Å²) in [5, 5.41) is 3.03. The van der Waals surface area contributed by atoms with E-state index in [-0.39, 0.29) is 11.7 Å². The number of anilines is 1. The van der Waals surface area contributed by atoms with E-state index in [2.05, 4.69) is 10.3 Å². The highest BCUT2D eigenvalue weighted by atomic mass is 32.1. The predicted molar refractivity (Wildman–Crippen MR) is 100 cm³/mol. The molecule has 4 rings (SSSR count). The second-order valence-electron chi connectivity index (χ2n) is 5.92. The van der Waals surface area contributed by atoms with Gasteiger partial charge in [0.1, 0.15) is 23.2 Å². The van der Waals surface area contributed by atoms with Gasteiger partial charge < -0.3 is 14.2 Å². The molecule has 1 amide bonds. The first-order chi connectivity index (χ1) is 13.2. The van der Waals surface area contributed by atoms with Gasteiger partial charge in [0.25, 0.3) is 5.91 Å². The molecule has 1 fully saturated rings. The number of nitrogens with zero attached hydrogens (tertiary/aromatic N) is 1. The average Bonchev–Trinajstić information content (AvgIpc) is 3.11. The Balaban J connectivity index is 1.70. The van der Waals surface area contributed by atoms with Crippen molar-refractivity contribution in [3.63, 3.8) is 0 Å². The summed E-state index contributed by atoms with van der Waals surface area (Å²) in [6, 6.07) is 9.55. The van der Waals surface area contributed by atoms with Crippen LogP contribution in [-0.2, 0) is 9.47 Å². The maximum Gasteiger partial charge on any atom is 0.260 e. The van der Waals surface area contributed by atoms with Crippen molar-refractivity contribution >= 4 is 32.6 Å². The highest BCUT2D eigenvalue weighted by molar-refractivity contribution is 7.22. The van der Waals surface area contributed by atoms with Crippen LogP contribution in [0.1, 0.15) is 22.0 Å². The van der Waals surface area contributed by atoms with E-state index in [0.29, 0.717) is 36.2 Å². The molecule has 0 bridgehead atoms. The number of carbonyl (C=O) groups excluding carboxylic acids is 1. The van der Waals surface area contributed by atoms with Crippen LogP contribution in [0.3, 0.4) is 0 Å². The molecule has 2 heterocycles. The first-order valence-electron chi connectivity index (χ1n) is 8.40. The molecule has 3 aromatic rings. The number of aromatic nitrogens is 1. The molecule has 1 aromatic heterocycles. The van der Waals surface area contributed by atoms with Crippen molar-refractivity contribution in [1.82, 2.24) is 4.98 Å². The number of nitrogens with one attached hydrogen (secondary N) is 1. The lowest BCUT2D eigenvalue weighted by Crippen LogP contribution is -2.21. The summed E-state index contributed by atoms with van der Waals surface area (Å²) in [5.74, 6) is -0.542. The quantitative estimate of drug-likeness (QED) is 0.737. The third-order valence-corrected chi connectivity index (χ3v) is 5.28. The van der Waals surface area contributed by atoms with Gasteiger partial charge >= 0.3 is 0 Å². The molecule has 0 radical (unpaired) electrons. The van der Waals surface area contributed by atoms with Gasteiger partial charge in [-0.1, -0.05) is 29.5 Å². The molecule has 1 saturated heterocycles. The molecule has 1 aliphatic rings. The van der Waals surface area contributed by atoms with Crippen molar-refractivity contribution in [3.8, 4) is 5.75 Å². The highest BCUT2D eigenvalue weighted by Gasteiger charge is 2.23. The Morgan fingerprint density at radius 3 is 2.89 bits per heavy atom. The van der Waals surface area contributed by atoms with Crippen LogP contribution in [0.5, 0.6) is 5.75 Å². The molecular weight excluding hydrogens is 371 g/mol. The minimum Gasteiger partial charge on any atom is -0.494 e. The van der Waals surface area contributed by atoms with E-state index in [1.807, 2.05) is 12.1 Å². The summed E-state index contributed by atoms with van der Waals surface area (Å²) in [4.78, 5) is 16.9. The van der Waals surface area contributed by atoms with Gasteiger partial charge in [-0.15, -0.1) is 0 Å². The number of hydrogen-bond donors (Lipinski definition) is 1. The second-order valence-corrected chi connectivity index (χ2v) is 6.92. The molecule has 27 heavy (non-hydrogen) atoms. The smallest absolute Gasteiger partial charge is 0.260 e. The number of hydrogen-bond acceptors (Lipinski definition) is 6. The number of fused-ring (bicyclic) bond motifs is 1. The number of ether oxygens (including phenoxy) is 3. The van der Waals surface area contributed by atoms with Gasteiger partial charge in [0.05, 0.1) is 37.2 Å². The van der Waals surface area contributed by atoms with E-state index in [0.717, 1.165) is 10.3 Å². The SMILES string of the molecule is COc1ccc(C2COCCO2)c2sc(NC(=O)c3ccccc3F)nc12. The lowest BCUT2D eigenvalue weighted by atomic mass is 10.1. The summed E-state index contributed by atoms with van der Waals surface area (Å²) >= 11 is 1.29. The van der Waals surface area contributed by atoms with Crippen LogP contribution < -0.4 is 10.1 Å². The number of rotatable bonds is 4. The largest absolute Gasteiger partial charge is 0.494 e. The Bertz CT molecular complexity index is 985. The van der Waals surface area contributed by atoms with Gasteiger partial charge in [0.2, 0.25) is 0 Å². The Kier molecular flexibility index (Phi) is 5.02. The van der Waals surface area contributed by atoms with Crippen molar-refractivity contribution < 1.29 is 23.4 Å². The number of thiazole rings is 1. The Morgan fingerprint density at radius 1 is 1.30 bits per heavy atom. The van der Waals surface area contributed by atoms with E-state index in [9.17, 15) is 9.18 Å². The zero-order valence-electron chi connectivity index (χ0n) is 14.5. The fraction of sp³-hybridized carbons (Fsp3) is 0.263. The van der Waals surface area contributed by atoms with Crippen LogP contribution in [0.2, 0.25) is 0 Å². The van der Waals surface area contributed by atoms with Crippen molar-refractivity contribution in [2.24, 2.45) is 0 Å². The van der Waals surface area contributed by atoms with E-state index < -0.39 is 11.7 Å². The molecule has 1 unspecified atom stereocenters. The van der Waals surface area contributed by atoms with Crippen LogP contribution >= 0.6 is 11.3 Å². The van der Waals surface area contributed by atoms with Gasteiger partial charge in [-0.25, -0.2) is 9.37 Å². The van der Waals surface area contributed by atoms with E-state index in [1.165, 1.54) is 29.5 Å². The zero-order chi connectivity index (χ0) is 18.8. The fourth-order valence-electron chi connectivity index (χ4n) is 2.95. The molecule has 1 aliphatic heterocycles. The van der Waals surface area contributed by atoms with Gasteiger partial charge in [0.15, 0.2) is 5.13 Å². The van der Waals surface area contributed by atoms with Gasteiger partial charge in [0, 0.05) is 5.56 Å². The molecule has 0 spiro atoms. The lowest BCUT2D eigenvalue weighted by molar-refractivity contribution is -0.0895. The molecular formula is C19H17FN2O4S. The number of halogens is 1. The third-order valence-electron chi connectivity index (χ3n) is 4.26. The molecule has 2 aromatic carbocycles. The van der Waals surface area contributed by atoms with Gasteiger partial charge in [-0.3, -0.25) is 10.1 Å². The first kappa shape index (κ1) is 17.8. The van der Waals surface area contributed by atoms with Crippen LogP contribution in [0.25, 0.3) is 10.2 Å². The normalized spacial score (nSPS) is 17.0. The van der Waals surface area contributed by atoms with E-state index in [1.54, 1.807) is 13.2 Å². The monoisotopic (exact) mass is 388 g/mol. The summed E-state index contributed by atoms with van der Waals surface area (Å²) in [5.41, 5.74) is 1.51. The number of benzene rings is 2. The minimum atomic E-state index is -0.581. The highest BCUT2D eigenvalue weighted by Crippen LogP contribution is 2.39. The van der Waals surface area contributed by atoms with Crippen molar-refractivity contribution in [2.45, 2.75) is 6.10 Å². The zero-order valence-corrected chi connectivity index (χ0v) is 15.3. The maximum atomic E-state index is 13.8. The lowest BCUT2D eigenvalue weighted by Gasteiger charge is -2.23. The summed E-state index contributed by atoms with van der Waals surface area (Å²) in [6.45, 7) is 1.55. The third kappa shape index (κ3) is 3.51. The summed E-state index contributed by atoms with van der Waals surface area (Å²) < 4.78 is 31.4. The second kappa shape index (κ2) is 7.59. The Labute approximate surface area is 158 Å². The van der Waals surface area contributed by atoms with Crippen LogP contribution in [0, 0.1) is 5.82 Å². The topological polar surface area (TPSA) is 69.7 Å². The van der Waals surface area contributed by atoms with E-state index in [4.69, 9.17) is 14.2 Å². The van der Waals surface area contributed by atoms with Gasteiger partial charge in [-0.2, -0.15) is 0 Å². The molecule has 0 saturated carbocycles. The molecule has 8 heteroatoms. The fourth-order valence-corrected chi connectivity index (χ4v) is 3.99. The molecule has 0 aliphatic carbocycles. The summed E-state index contributed by atoms with van der Waals surface area (Å²) in [6.07, 6.45) is -0.206. The van der Waals surface area contributed by atoms with E-state index >= 15 is 0 Å². The molecule has 140 valence electrons. The molecule has 1 N–H and O–H groups in total. The first-order valence-corrected chi connectivity index (χ1v) is 9.21. The van der Waals surface area contributed by atoms with Crippen molar-refractivity contribution in [3.05, 3.63) is 53.3 Å². The molecule has 6 nitrogen and oxygen atoms in total. The number of amides is 1. The average molecular weight is 388 g/mol. The standard InChI is InChI=1S/C19H17FN2O4S/c1-24-14-7-6-12(15-10-25-8-9-26-15)17-16(14)21-19(27-17)22-18(23)11-4-2-3-5-13(11)20/h2-7,15H,8-10H2,1H3,(H,21,22,23). The van der Waals surface area contributed by atoms with Gasteiger partial charge in [-0.05, 0) is 18.2 Å². The summed E-state index contributed by atoms with van der Waals surface area (Å²) in [7, 11) is 1.56. The van der Waals surface area contributed by atoms with Crippen LogP contribution in [0.15, 0.2) is 36.4 Å². The Morgan fingerprint density at radius 2 is 2.15 bits per heavy atom. The van der Waals surface area contributed by atoms with Crippen LogP contribution in [-0.4, -0.2) is 37.8 Å². The number of methoxy groups -OCH3 is 1. The molecule has 1 atom stereocenters. The van der Waals surface area contributed by atoms with Crippen molar-refractivity contribution in [1.29, 1.82) is 0 Å². The Hall–Kier alpha value is -2.55. The van der Waals surface area contributed by atoms with Crippen LogP contribution in [0.4, 0.5) is 9.52 Å². The maximum absolute atomic E-state index is 13.8. The predicted octanol–water partition coefficient (Wildman–Crippen LogP) is 3.78. The van der Waals surface area contributed by atoms with Crippen molar-refractivity contribution in [2.75, 3.05) is 32.2 Å². The minimum absolute atomic E-state index is 0.0343.